The van der Waals surface area contributed by atoms with Crippen LogP contribution in [0.25, 0.3) is 5.69 Å². The highest BCUT2D eigenvalue weighted by Crippen LogP contribution is 2.25. The number of benzene rings is 1. The summed E-state index contributed by atoms with van der Waals surface area (Å²) in [4.78, 5) is 4.34. The Morgan fingerprint density at radius 2 is 2.35 bits per heavy atom. The van der Waals surface area contributed by atoms with Crippen LogP contribution in [0.3, 0.4) is 0 Å². The first kappa shape index (κ1) is 13.3. The van der Waals surface area contributed by atoms with Crippen molar-refractivity contribution in [3.05, 3.63) is 48.0 Å². The largest absolute Gasteiger partial charge is 0.380 e. The van der Waals surface area contributed by atoms with Gasteiger partial charge in [-0.2, -0.15) is 0 Å². The van der Waals surface area contributed by atoms with Crippen molar-refractivity contribution in [2.45, 2.75) is 31.9 Å². The Morgan fingerprint density at radius 1 is 1.40 bits per heavy atom. The minimum Gasteiger partial charge on any atom is -0.380 e. The quantitative estimate of drug-likeness (QED) is 0.929. The van der Waals surface area contributed by atoms with Gasteiger partial charge in [-0.15, -0.1) is 0 Å². The number of nitrogens with one attached hydrogen (secondary N) is 1. The molecule has 1 fully saturated rings. The van der Waals surface area contributed by atoms with Gasteiger partial charge in [0.1, 0.15) is 0 Å². The van der Waals surface area contributed by atoms with Crippen LogP contribution in [0.15, 0.2) is 36.8 Å². The van der Waals surface area contributed by atoms with E-state index in [0.717, 1.165) is 12.2 Å². The van der Waals surface area contributed by atoms with Gasteiger partial charge in [0, 0.05) is 18.8 Å². The molecule has 1 N–H and O–H groups in total. The average Bonchev–Trinajstić information content (AvgIpc) is 2.98. The van der Waals surface area contributed by atoms with Gasteiger partial charge in [-0.05, 0) is 37.1 Å². The highest BCUT2D eigenvalue weighted by Gasteiger charge is 2.18. The SMILES string of the molecule is COCc1cccc(-n2cncc2C2CCCCN2)c1. The minimum atomic E-state index is 0.414. The van der Waals surface area contributed by atoms with E-state index in [4.69, 9.17) is 4.74 Å². The van der Waals surface area contributed by atoms with Crippen molar-refractivity contribution in [1.82, 2.24) is 14.9 Å². The first-order valence-electron chi connectivity index (χ1n) is 7.22. The Balaban J connectivity index is 1.90. The van der Waals surface area contributed by atoms with E-state index in [1.165, 1.54) is 30.5 Å². The standard InChI is InChI=1S/C16H21N3O/c1-20-11-13-5-4-6-14(9-13)19-12-17-10-16(19)15-7-2-3-8-18-15/h4-6,9-10,12,15,18H,2-3,7-8,11H2,1H3. The first-order chi connectivity index (χ1) is 9.88. The molecule has 0 spiro atoms. The zero-order valence-electron chi connectivity index (χ0n) is 11.9. The van der Waals surface area contributed by atoms with Crippen LogP contribution < -0.4 is 5.32 Å². The highest BCUT2D eigenvalue weighted by atomic mass is 16.5. The molecule has 0 radical (unpaired) electrons. The Labute approximate surface area is 119 Å². The molecule has 1 unspecified atom stereocenters. The number of hydrogen-bond acceptors (Lipinski definition) is 3. The van der Waals surface area contributed by atoms with E-state index in [2.05, 4.69) is 39.1 Å². The molecule has 1 saturated heterocycles. The second kappa shape index (κ2) is 6.20. The Hall–Kier alpha value is -1.65. The average molecular weight is 271 g/mol. The number of ether oxygens (including phenoxy) is 1. The lowest BCUT2D eigenvalue weighted by atomic mass is 10.0. The number of nitrogens with zero attached hydrogens (tertiary/aromatic N) is 2. The smallest absolute Gasteiger partial charge is 0.0994 e. The van der Waals surface area contributed by atoms with Gasteiger partial charge in [0.2, 0.25) is 0 Å². The van der Waals surface area contributed by atoms with Crippen LogP contribution in [0, 0.1) is 0 Å². The molecule has 106 valence electrons. The van der Waals surface area contributed by atoms with Crippen molar-refractivity contribution in [3.63, 3.8) is 0 Å². The lowest BCUT2D eigenvalue weighted by Gasteiger charge is -2.24. The monoisotopic (exact) mass is 271 g/mol. The van der Waals surface area contributed by atoms with E-state index < -0.39 is 0 Å². The Kier molecular flexibility index (Phi) is 4.14. The molecule has 2 heterocycles. The molecule has 1 aliphatic rings. The number of aromatic nitrogens is 2. The van der Waals surface area contributed by atoms with Gasteiger partial charge < -0.3 is 14.6 Å². The van der Waals surface area contributed by atoms with Crippen LogP contribution in [0.2, 0.25) is 0 Å². The predicted octanol–water partition coefficient (Wildman–Crippen LogP) is 2.83. The minimum absolute atomic E-state index is 0.414. The summed E-state index contributed by atoms with van der Waals surface area (Å²) in [6, 6.07) is 8.85. The number of hydrogen-bond donors (Lipinski definition) is 1. The molecule has 4 heteroatoms. The molecular formula is C16H21N3O. The summed E-state index contributed by atoms with van der Waals surface area (Å²) in [6.45, 7) is 1.74. The molecule has 1 aliphatic heterocycles. The van der Waals surface area contributed by atoms with Gasteiger partial charge in [-0.1, -0.05) is 18.6 Å². The summed E-state index contributed by atoms with van der Waals surface area (Å²) >= 11 is 0. The van der Waals surface area contributed by atoms with E-state index in [1.54, 1.807) is 7.11 Å². The normalized spacial score (nSPS) is 19.1. The van der Waals surface area contributed by atoms with E-state index in [-0.39, 0.29) is 0 Å². The van der Waals surface area contributed by atoms with Crippen LogP contribution in [-0.2, 0) is 11.3 Å². The third-order valence-corrected chi connectivity index (χ3v) is 3.83. The second-order valence-corrected chi connectivity index (χ2v) is 5.29. The van der Waals surface area contributed by atoms with Crippen molar-refractivity contribution in [3.8, 4) is 5.69 Å². The molecule has 20 heavy (non-hydrogen) atoms. The summed E-state index contributed by atoms with van der Waals surface area (Å²) in [5, 5.41) is 3.59. The number of imidazole rings is 1. The fraction of sp³-hybridized carbons (Fsp3) is 0.438. The molecule has 1 aromatic heterocycles. The molecule has 3 rings (SSSR count). The Morgan fingerprint density at radius 3 is 3.15 bits per heavy atom. The van der Waals surface area contributed by atoms with Crippen LogP contribution in [0.1, 0.15) is 36.6 Å². The molecule has 0 aliphatic carbocycles. The van der Waals surface area contributed by atoms with Crippen molar-refractivity contribution in [2.75, 3.05) is 13.7 Å². The molecule has 0 bridgehead atoms. The van der Waals surface area contributed by atoms with Crippen LogP contribution >= 0.6 is 0 Å². The van der Waals surface area contributed by atoms with Gasteiger partial charge in [0.05, 0.1) is 24.8 Å². The van der Waals surface area contributed by atoms with E-state index >= 15 is 0 Å². The van der Waals surface area contributed by atoms with Crippen LogP contribution in [0.5, 0.6) is 0 Å². The van der Waals surface area contributed by atoms with Crippen molar-refractivity contribution in [1.29, 1.82) is 0 Å². The summed E-state index contributed by atoms with van der Waals surface area (Å²) < 4.78 is 7.39. The van der Waals surface area contributed by atoms with Crippen molar-refractivity contribution < 1.29 is 4.74 Å². The molecule has 1 aromatic carbocycles. The third kappa shape index (κ3) is 2.76. The summed E-state index contributed by atoms with van der Waals surface area (Å²) in [5.41, 5.74) is 3.58. The topological polar surface area (TPSA) is 39.1 Å². The summed E-state index contributed by atoms with van der Waals surface area (Å²) in [7, 11) is 1.72. The maximum atomic E-state index is 5.21. The zero-order valence-corrected chi connectivity index (χ0v) is 11.9. The zero-order chi connectivity index (χ0) is 13.8. The van der Waals surface area contributed by atoms with Gasteiger partial charge in [-0.3, -0.25) is 0 Å². The van der Waals surface area contributed by atoms with Crippen molar-refractivity contribution in [2.24, 2.45) is 0 Å². The number of methoxy groups -OCH3 is 1. The summed E-state index contributed by atoms with van der Waals surface area (Å²) in [5.74, 6) is 0. The van der Waals surface area contributed by atoms with Gasteiger partial charge in [0.15, 0.2) is 0 Å². The fourth-order valence-corrected chi connectivity index (χ4v) is 2.85. The van der Waals surface area contributed by atoms with Gasteiger partial charge >= 0.3 is 0 Å². The molecular weight excluding hydrogens is 250 g/mol. The number of rotatable bonds is 4. The highest BCUT2D eigenvalue weighted by molar-refractivity contribution is 5.37. The van der Waals surface area contributed by atoms with Crippen LogP contribution in [0.4, 0.5) is 0 Å². The maximum Gasteiger partial charge on any atom is 0.0994 e. The van der Waals surface area contributed by atoms with E-state index in [0.29, 0.717) is 12.6 Å². The lowest BCUT2D eigenvalue weighted by Crippen LogP contribution is -2.28. The molecule has 0 saturated carbocycles. The molecule has 4 nitrogen and oxygen atoms in total. The molecule has 1 atom stereocenters. The molecule has 0 amide bonds. The lowest BCUT2D eigenvalue weighted by molar-refractivity contribution is 0.185. The van der Waals surface area contributed by atoms with Gasteiger partial charge in [-0.25, -0.2) is 4.98 Å². The fourth-order valence-electron chi connectivity index (χ4n) is 2.85. The summed E-state index contributed by atoms with van der Waals surface area (Å²) in [6.07, 6.45) is 7.62. The van der Waals surface area contributed by atoms with Crippen molar-refractivity contribution >= 4 is 0 Å². The van der Waals surface area contributed by atoms with Gasteiger partial charge in [0.25, 0.3) is 0 Å². The molecule has 2 aromatic rings. The number of piperidine rings is 1. The van der Waals surface area contributed by atoms with Crippen LogP contribution in [-0.4, -0.2) is 23.2 Å². The van der Waals surface area contributed by atoms with E-state index in [9.17, 15) is 0 Å². The predicted molar refractivity (Wildman–Crippen MR) is 78.9 cm³/mol. The second-order valence-electron chi connectivity index (χ2n) is 5.29. The third-order valence-electron chi connectivity index (χ3n) is 3.83. The van der Waals surface area contributed by atoms with E-state index in [1.807, 2.05) is 12.5 Å². The first-order valence-corrected chi connectivity index (χ1v) is 7.22. The maximum absolute atomic E-state index is 5.21. The Bertz CT molecular complexity index is 558.